The third-order valence-corrected chi connectivity index (χ3v) is 4.98. The summed E-state index contributed by atoms with van der Waals surface area (Å²) in [5.74, 6) is 0.0553. The largest absolute Gasteiger partial charge is 0.345 e. The fraction of sp³-hybridized carbons (Fsp3) is 0.312. The quantitative estimate of drug-likeness (QED) is 0.697. The number of halogens is 1. The van der Waals surface area contributed by atoms with E-state index in [1.165, 1.54) is 0 Å². The predicted molar refractivity (Wildman–Crippen MR) is 93.6 cm³/mol. The summed E-state index contributed by atoms with van der Waals surface area (Å²) in [5, 5.41) is 4.21. The molecule has 1 amide bonds. The van der Waals surface area contributed by atoms with Crippen molar-refractivity contribution in [1.29, 1.82) is 0 Å². The number of amides is 1. The van der Waals surface area contributed by atoms with Gasteiger partial charge < -0.3 is 15.6 Å². The molecule has 3 aromatic rings. The first kappa shape index (κ1) is 15.3. The molecule has 2 atom stereocenters. The molecule has 0 saturated carbocycles. The molecule has 124 valence electrons. The average Bonchev–Trinajstić information content (AvgIpc) is 3.25. The van der Waals surface area contributed by atoms with Crippen molar-refractivity contribution in [2.45, 2.75) is 12.0 Å². The summed E-state index contributed by atoms with van der Waals surface area (Å²) in [7, 11) is 1.88. The van der Waals surface area contributed by atoms with Crippen molar-refractivity contribution in [3.05, 3.63) is 46.5 Å². The molecule has 0 aliphatic carbocycles. The van der Waals surface area contributed by atoms with Crippen LogP contribution in [0.4, 0.5) is 0 Å². The first-order valence-electron chi connectivity index (χ1n) is 7.69. The molecule has 7 nitrogen and oxygen atoms in total. The second-order valence-corrected chi connectivity index (χ2v) is 7.10. The van der Waals surface area contributed by atoms with Crippen molar-refractivity contribution in [1.82, 2.24) is 24.6 Å². The minimum atomic E-state index is -0.0972. The highest BCUT2D eigenvalue weighted by atomic mass is 79.9. The van der Waals surface area contributed by atoms with E-state index in [4.69, 9.17) is 5.73 Å². The van der Waals surface area contributed by atoms with Crippen LogP contribution in [0.2, 0.25) is 0 Å². The van der Waals surface area contributed by atoms with Crippen LogP contribution in [0.5, 0.6) is 0 Å². The number of likely N-dealkylation sites (tertiary alicyclic amines) is 1. The number of hydrogen-bond donors (Lipinski definition) is 2. The van der Waals surface area contributed by atoms with Crippen molar-refractivity contribution < 1.29 is 4.79 Å². The number of imidazole rings is 1. The summed E-state index contributed by atoms with van der Waals surface area (Å²) in [5.41, 5.74) is 9.45. The molecule has 3 heterocycles. The number of nitrogens with zero attached hydrogens (tertiary/aromatic N) is 4. The van der Waals surface area contributed by atoms with E-state index in [9.17, 15) is 4.79 Å². The number of fused-ring (bicyclic) bond motifs is 1. The Morgan fingerprint density at radius 3 is 3.00 bits per heavy atom. The van der Waals surface area contributed by atoms with E-state index in [1.54, 1.807) is 15.9 Å². The number of rotatable bonds is 2. The van der Waals surface area contributed by atoms with Crippen LogP contribution in [0.15, 0.2) is 35.3 Å². The van der Waals surface area contributed by atoms with Crippen molar-refractivity contribution in [3.63, 3.8) is 0 Å². The monoisotopic (exact) mass is 388 g/mol. The van der Waals surface area contributed by atoms with Gasteiger partial charge in [-0.1, -0.05) is 15.9 Å². The number of carbonyl (C=O) groups excluding carboxylic acids is 1. The second kappa shape index (κ2) is 5.71. The van der Waals surface area contributed by atoms with Crippen molar-refractivity contribution in [2.75, 3.05) is 13.1 Å². The fourth-order valence-corrected chi connectivity index (χ4v) is 3.79. The third kappa shape index (κ3) is 2.51. The Morgan fingerprint density at radius 2 is 2.25 bits per heavy atom. The van der Waals surface area contributed by atoms with Crippen LogP contribution in [-0.4, -0.2) is 49.7 Å². The Balaban J connectivity index is 1.64. The van der Waals surface area contributed by atoms with Gasteiger partial charge in [-0.15, -0.1) is 0 Å². The number of carbonyl (C=O) groups is 1. The van der Waals surface area contributed by atoms with Gasteiger partial charge in [0.15, 0.2) is 0 Å². The van der Waals surface area contributed by atoms with Crippen LogP contribution in [0.3, 0.4) is 0 Å². The fourth-order valence-electron chi connectivity index (χ4n) is 3.33. The van der Waals surface area contributed by atoms with E-state index in [0.717, 1.165) is 15.6 Å². The summed E-state index contributed by atoms with van der Waals surface area (Å²) in [4.78, 5) is 22.1. The maximum absolute atomic E-state index is 13.0. The van der Waals surface area contributed by atoms with Crippen LogP contribution in [-0.2, 0) is 7.05 Å². The molecule has 1 fully saturated rings. The van der Waals surface area contributed by atoms with Gasteiger partial charge in [0.25, 0.3) is 5.91 Å². The normalized spacial score (nSPS) is 20.9. The van der Waals surface area contributed by atoms with Gasteiger partial charge in [0, 0.05) is 42.8 Å². The molecule has 0 spiro atoms. The van der Waals surface area contributed by atoms with Gasteiger partial charge in [-0.2, -0.15) is 5.10 Å². The first-order chi connectivity index (χ1) is 11.5. The van der Waals surface area contributed by atoms with Crippen LogP contribution >= 0.6 is 15.9 Å². The topological polar surface area (TPSA) is 92.8 Å². The summed E-state index contributed by atoms with van der Waals surface area (Å²) >= 11 is 3.45. The standard InChI is InChI=1S/C16H17BrN6O/c1-22-5-9(4-21-22)12-6-23(7-13(12)18)16(24)11-2-10(17)3-14-15(11)20-8-19-14/h2-5,8,12-13H,6-7,18H2,1H3,(H,19,20)/t12-,13+/m0/s1. The molecular weight excluding hydrogens is 372 g/mol. The molecule has 4 rings (SSSR count). The van der Waals surface area contributed by atoms with Gasteiger partial charge in [0.1, 0.15) is 5.52 Å². The maximum Gasteiger partial charge on any atom is 0.256 e. The van der Waals surface area contributed by atoms with Crippen LogP contribution < -0.4 is 5.73 Å². The van der Waals surface area contributed by atoms with Crippen molar-refractivity contribution in [2.24, 2.45) is 12.8 Å². The Morgan fingerprint density at radius 1 is 1.42 bits per heavy atom. The number of hydrogen-bond acceptors (Lipinski definition) is 4. The van der Waals surface area contributed by atoms with Crippen LogP contribution in [0, 0.1) is 0 Å². The highest BCUT2D eigenvalue weighted by molar-refractivity contribution is 9.10. The van der Waals surface area contributed by atoms with Crippen LogP contribution in [0.25, 0.3) is 11.0 Å². The lowest BCUT2D eigenvalue weighted by Crippen LogP contribution is -2.32. The number of aromatic amines is 1. The number of aryl methyl sites for hydroxylation is 1. The van der Waals surface area contributed by atoms with Gasteiger partial charge in [-0.05, 0) is 17.7 Å². The molecule has 3 N–H and O–H groups in total. The molecule has 24 heavy (non-hydrogen) atoms. The minimum absolute atomic E-state index is 0.0461. The third-order valence-electron chi connectivity index (χ3n) is 4.52. The Kier molecular flexibility index (Phi) is 3.65. The highest BCUT2D eigenvalue weighted by Crippen LogP contribution is 2.29. The maximum atomic E-state index is 13.0. The van der Waals surface area contributed by atoms with Crippen molar-refractivity contribution in [3.8, 4) is 0 Å². The van der Waals surface area contributed by atoms with E-state index >= 15 is 0 Å². The van der Waals surface area contributed by atoms with E-state index < -0.39 is 0 Å². The summed E-state index contributed by atoms with van der Waals surface area (Å²) in [6, 6.07) is 3.63. The average molecular weight is 389 g/mol. The zero-order valence-corrected chi connectivity index (χ0v) is 14.7. The number of nitrogens with two attached hydrogens (primary N) is 1. The first-order valence-corrected chi connectivity index (χ1v) is 8.48. The highest BCUT2D eigenvalue weighted by Gasteiger charge is 2.35. The minimum Gasteiger partial charge on any atom is -0.345 e. The van der Waals surface area contributed by atoms with Gasteiger partial charge in [-0.25, -0.2) is 4.98 Å². The molecule has 1 aliphatic heterocycles. The summed E-state index contributed by atoms with van der Waals surface area (Å²) in [6.45, 7) is 1.11. The zero-order valence-electron chi connectivity index (χ0n) is 13.1. The van der Waals surface area contributed by atoms with E-state index in [1.807, 2.05) is 31.6 Å². The Hall–Kier alpha value is -2.19. The molecule has 1 aromatic carbocycles. The van der Waals surface area contributed by atoms with E-state index in [2.05, 4.69) is 31.0 Å². The molecule has 1 aliphatic rings. The van der Waals surface area contributed by atoms with Crippen molar-refractivity contribution >= 4 is 32.9 Å². The molecule has 0 unspecified atom stereocenters. The van der Waals surface area contributed by atoms with Gasteiger partial charge in [0.05, 0.1) is 23.6 Å². The van der Waals surface area contributed by atoms with E-state index in [0.29, 0.717) is 24.2 Å². The molecule has 1 saturated heterocycles. The molecular formula is C16H17BrN6O. The SMILES string of the molecule is Cn1cc([C@@H]2CN(C(=O)c3cc(Br)cc4[nH]cnc34)C[C@H]2N)cn1. The second-order valence-electron chi connectivity index (χ2n) is 6.18. The smallest absolute Gasteiger partial charge is 0.256 e. The van der Waals surface area contributed by atoms with Gasteiger partial charge >= 0.3 is 0 Å². The molecule has 2 aromatic heterocycles. The summed E-state index contributed by atoms with van der Waals surface area (Å²) in [6.07, 6.45) is 5.38. The lowest BCUT2D eigenvalue weighted by Gasteiger charge is -2.16. The van der Waals surface area contributed by atoms with Gasteiger partial charge in [0.2, 0.25) is 0 Å². The van der Waals surface area contributed by atoms with E-state index in [-0.39, 0.29) is 17.9 Å². The Bertz CT molecular complexity index is 916. The zero-order chi connectivity index (χ0) is 16.8. The molecule has 0 bridgehead atoms. The number of H-pyrrole nitrogens is 1. The number of aromatic nitrogens is 4. The summed E-state index contributed by atoms with van der Waals surface area (Å²) < 4.78 is 2.60. The number of nitrogens with one attached hydrogen (secondary N) is 1. The lowest BCUT2D eigenvalue weighted by molar-refractivity contribution is 0.0791. The van der Waals surface area contributed by atoms with Gasteiger partial charge in [-0.3, -0.25) is 9.48 Å². The predicted octanol–water partition coefficient (Wildman–Crippen LogP) is 1.63. The Labute approximate surface area is 147 Å². The number of benzene rings is 1. The lowest BCUT2D eigenvalue weighted by atomic mass is 9.98. The molecule has 0 radical (unpaired) electrons. The van der Waals surface area contributed by atoms with Crippen LogP contribution in [0.1, 0.15) is 21.8 Å². The molecule has 8 heteroatoms.